The van der Waals surface area contributed by atoms with Crippen molar-refractivity contribution in [2.45, 2.75) is 18.7 Å². The third-order valence-corrected chi connectivity index (χ3v) is 6.13. The Balaban J connectivity index is 1.45. The van der Waals surface area contributed by atoms with E-state index >= 15 is 0 Å². The van der Waals surface area contributed by atoms with E-state index in [1.54, 1.807) is 12.1 Å². The molecule has 0 saturated carbocycles. The van der Waals surface area contributed by atoms with Crippen LogP contribution in [0.3, 0.4) is 0 Å². The van der Waals surface area contributed by atoms with Crippen LogP contribution in [0.15, 0.2) is 90.2 Å². The van der Waals surface area contributed by atoms with Crippen LogP contribution in [0.5, 0.6) is 6.01 Å². The van der Waals surface area contributed by atoms with Crippen molar-refractivity contribution in [3.8, 4) is 6.01 Å². The van der Waals surface area contributed by atoms with Crippen LogP contribution in [-0.2, 0) is 12.8 Å². The molecule has 2 heterocycles. The smallest absolute Gasteiger partial charge is 0.416 e. The minimum atomic E-state index is -4.45. The summed E-state index contributed by atoms with van der Waals surface area (Å²) in [5.41, 5.74) is 1.63. The number of aromatic nitrogens is 2. The van der Waals surface area contributed by atoms with Crippen molar-refractivity contribution in [2.24, 2.45) is 5.10 Å². The summed E-state index contributed by atoms with van der Waals surface area (Å²) in [6, 6.07) is 19.6. The van der Waals surface area contributed by atoms with E-state index in [2.05, 4.69) is 15.1 Å². The van der Waals surface area contributed by atoms with Gasteiger partial charge < -0.3 is 9.84 Å². The lowest BCUT2D eigenvalue weighted by Gasteiger charge is -2.18. The lowest BCUT2D eigenvalue weighted by atomic mass is 9.90. The number of ether oxygens (including phenoxy) is 1. The van der Waals surface area contributed by atoms with E-state index in [1.807, 2.05) is 30.3 Å². The Morgan fingerprint density at radius 1 is 1.00 bits per heavy atom. The van der Waals surface area contributed by atoms with Crippen molar-refractivity contribution in [1.29, 1.82) is 0 Å². The Bertz CT molecular complexity index is 1510. The largest absolute Gasteiger partial charge is 0.477 e. The molecule has 0 aliphatic carbocycles. The van der Waals surface area contributed by atoms with Crippen LogP contribution in [0.25, 0.3) is 0 Å². The number of carboxylic acid groups (broad SMARTS) is 1. The fraction of sp³-hybridized carbons (Fsp3) is 0.143. The molecule has 0 saturated heterocycles. The van der Waals surface area contributed by atoms with Crippen LogP contribution in [0, 0.1) is 5.82 Å². The zero-order valence-electron chi connectivity index (χ0n) is 20.1. The maximum absolute atomic E-state index is 13.6. The maximum atomic E-state index is 13.6. The Morgan fingerprint density at radius 3 is 2.33 bits per heavy atom. The number of halogens is 4. The molecular formula is C28H20F4N4O3. The van der Waals surface area contributed by atoms with Crippen molar-refractivity contribution in [3.63, 3.8) is 0 Å². The molecular weight excluding hydrogens is 516 g/mol. The maximum Gasteiger partial charge on any atom is 0.416 e. The molecule has 39 heavy (non-hydrogen) atoms. The van der Waals surface area contributed by atoms with Crippen molar-refractivity contribution in [3.05, 3.63) is 119 Å². The second-order valence-electron chi connectivity index (χ2n) is 8.72. The zero-order valence-corrected chi connectivity index (χ0v) is 20.1. The highest BCUT2D eigenvalue weighted by atomic mass is 19.4. The standard InChI is InChI=1S/C28H20F4N4O3/c29-21-12-8-19(9-13-21)24-23(18-4-2-1-3-5-18)15-36(35-24)25-22(26(37)38)14-33-27(34-25)39-16-17-6-10-20(11-7-17)28(30,31)32/h1-14,23H,15-16H2,(H,37,38). The summed E-state index contributed by atoms with van der Waals surface area (Å²) in [4.78, 5) is 20.2. The number of benzene rings is 3. The van der Waals surface area contributed by atoms with Crippen LogP contribution in [0.1, 0.15) is 38.5 Å². The molecule has 1 atom stereocenters. The number of anilines is 1. The predicted molar refractivity (Wildman–Crippen MR) is 134 cm³/mol. The zero-order chi connectivity index (χ0) is 27.6. The predicted octanol–water partition coefficient (Wildman–Crippen LogP) is 5.92. The summed E-state index contributed by atoms with van der Waals surface area (Å²) >= 11 is 0. The number of hydrogen-bond acceptors (Lipinski definition) is 6. The van der Waals surface area contributed by atoms with Gasteiger partial charge in [-0.05, 0) is 41.0 Å². The minimum Gasteiger partial charge on any atom is -0.477 e. The first-order valence-electron chi connectivity index (χ1n) is 11.8. The number of carboxylic acids is 1. The van der Waals surface area contributed by atoms with Gasteiger partial charge in [-0.1, -0.05) is 54.6 Å². The summed E-state index contributed by atoms with van der Waals surface area (Å²) in [5, 5.41) is 15.9. The molecule has 1 aliphatic heterocycles. The van der Waals surface area contributed by atoms with Gasteiger partial charge in [0.2, 0.25) is 0 Å². The quantitative estimate of drug-likeness (QED) is 0.295. The van der Waals surface area contributed by atoms with Gasteiger partial charge in [-0.25, -0.2) is 19.2 Å². The average Bonchev–Trinajstić information content (AvgIpc) is 3.38. The van der Waals surface area contributed by atoms with Crippen molar-refractivity contribution in [2.75, 3.05) is 11.6 Å². The summed E-state index contributed by atoms with van der Waals surface area (Å²) in [6.45, 7) is 0.104. The van der Waals surface area contributed by atoms with Crippen LogP contribution >= 0.6 is 0 Å². The molecule has 1 aliphatic rings. The lowest BCUT2D eigenvalue weighted by Crippen LogP contribution is -2.22. The monoisotopic (exact) mass is 536 g/mol. The van der Waals surface area contributed by atoms with Crippen LogP contribution in [0.2, 0.25) is 0 Å². The first kappa shape index (κ1) is 25.8. The van der Waals surface area contributed by atoms with Gasteiger partial charge in [0.05, 0.1) is 24.0 Å². The second-order valence-corrected chi connectivity index (χ2v) is 8.72. The van der Waals surface area contributed by atoms with Gasteiger partial charge in [0, 0.05) is 5.92 Å². The van der Waals surface area contributed by atoms with Gasteiger partial charge in [0.25, 0.3) is 0 Å². The molecule has 1 unspecified atom stereocenters. The van der Waals surface area contributed by atoms with Gasteiger partial charge in [-0.3, -0.25) is 0 Å². The van der Waals surface area contributed by atoms with Gasteiger partial charge >= 0.3 is 18.2 Å². The van der Waals surface area contributed by atoms with E-state index < -0.39 is 23.5 Å². The normalized spacial score (nSPS) is 15.2. The molecule has 0 fully saturated rings. The van der Waals surface area contributed by atoms with Crippen molar-refractivity contribution < 1.29 is 32.2 Å². The number of alkyl halides is 3. The first-order valence-corrected chi connectivity index (χ1v) is 11.8. The van der Waals surface area contributed by atoms with E-state index in [4.69, 9.17) is 4.74 Å². The fourth-order valence-corrected chi connectivity index (χ4v) is 4.17. The number of hydrazone groups is 1. The van der Waals surface area contributed by atoms with Crippen molar-refractivity contribution in [1.82, 2.24) is 9.97 Å². The molecule has 7 nitrogen and oxygen atoms in total. The van der Waals surface area contributed by atoms with Gasteiger partial charge in [0.15, 0.2) is 5.82 Å². The summed E-state index contributed by atoms with van der Waals surface area (Å²) in [5.74, 6) is -1.96. The molecule has 4 aromatic rings. The SMILES string of the molecule is O=C(O)c1cnc(OCc2ccc(C(F)(F)F)cc2)nc1N1CC(c2ccccc2)C(c2ccc(F)cc2)=N1. The van der Waals surface area contributed by atoms with Gasteiger partial charge in [-0.15, -0.1) is 0 Å². The molecule has 1 aromatic heterocycles. The molecule has 0 bridgehead atoms. The summed E-state index contributed by atoms with van der Waals surface area (Å²) < 4.78 is 57.6. The molecule has 0 spiro atoms. The van der Waals surface area contributed by atoms with Gasteiger partial charge in [0.1, 0.15) is 18.0 Å². The number of rotatable bonds is 7. The summed E-state index contributed by atoms with van der Waals surface area (Å²) in [6.07, 6.45) is -3.36. The van der Waals surface area contributed by atoms with E-state index in [0.29, 0.717) is 16.8 Å². The highest BCUT2D eigenvalue weighted by Crippen LogP contribution is 2.33. The van der Waals surface area contributed by atoms with E-state index in [1.165, 1.54) is 29.3 Å². The molecule has 0 radical (unpaired) electrons. The molecule has 198 valence electrons. The third-order valence-electron chi connectivity index (χ3n) is 6.13. The number of hydrogen-bond donors (Lipinski definition) is 1. The Kier molecular flexibility index (Phi) is 6.97. The number of carbonyl (C=O) groups is 1. The van der Waals surface area contributed by atoms with Gasteiger partial charge in [-0.2, -0.15) is 23.3 Å². The highest BCUT2D eigenvalue weighted by Gasteiger charge is 2.33. The van der Waals surface area contributed by atoms with E-state index in [-0.39, 0.29) is 36.5 Å². The Morgan fingerprint density at radius 2 is 1.69 bits per heavy atom. The molecule has 5 rings (SSSR count). The Hall–Kier alpha value is -4.80. The van der Waals surface area contributed by atoms with Crippen LogP contribution in [0.4, 0.5) is 23.4 Å². The second kappa shape index (κ2) is 10.5. The molecule has 3 aromatic carbocycles. The molecule has 1 N–H and O–H groups in total. The minimum absolute atomic E-state index is 0.0158. The third kappa shape index (κ3) is 5.71. The fourth-order valence-electron chi connectivity index (χ4n) is 4.17. The number of aromatic carboxylic acids is 1. The first-order chi connectivity index (χ1) is 18.7. The highest BCUT2D eigenvalue weighted by molar-refractivity contribution is 6.07. The molecule has 11 heteroatoms. The summed E-state index contributed by atoms with van der Waals surface area (Å²) in [7, 11) is 0. The lowest BCUT2D eigenvalue weighted by molar-refractivity contribution is -0.137. The topological polar surface area (TPSA) is 87.9 Å². The number of nitrogens with zero attached hydrogens (tertiary/aromatic N) is 4. The van der Waals surface area contributed by atoms with E-state index in [0.717, 1.165) is 23.9 Å². The van der Waals surface area contributed by atoms with E-state index in [9.17, 15) is 27.5 Å². The molecule has 0 amide bonds. The van der Waals surface area contributed by atoms with Crippen LogP contribution in [-0.4, -0.2) is 33.3 Å². The Labute approximate surface area is 220 Å². The average molecular weight is 536 g/mol. The van der Waals surface area contributed by atoms with Crippen LogP contribution < -0.4 is 9.75 Å². The van der Waals surface area contributed by atoms with Crippen molar-refractivity contribution >= 4 is 17.5 Å².